The van der Waals surface area contributed by atoms with Gasteiger partial charge in [0.15, 0.2) is 0 Å². The minimum atomic E-state index is -0.232. The van der Waals surface area contributed by atoms with Gasteiger partial charge in [-0.1, -0.05) is 23.7 Å². The first-order chi connectivity index (χ1) is 13.5. The highest BCUT2D eigenvalue weighted by Crippen LogP contribution is 2.33. The van der Waals surface area contributed by atoms with Crippen LogP contribution >= 0.6 is 11.6 Å². The lowest BCUT2D eigenvalue weighted by Crippen LogP contribution is -2.49. The van der Waals surface area contributed by atoms with Crippen LogP contribution in [0.4, 0.5) is 0 Å². The van der Waals surface area contributed by atoms with Crippen molar-refractivity contribution < 1.29 is 13.9 Å². The molecule has 6 nitrogen and oxygen atoms in total. The van der Waals surface area contributed by atoms with E-state index >= 15 is 0 Å². The average Bonchev–Trinajstić information content (AvgIpc) is 3.31. The molecule has 3 heterocycles. The largest absolute Gasteiger partial charge is 0.467 e. The molecule has 1 amide bonds. The second-order valence-electron chi connectivity index (χ2n) is 7.48. The fourth-order valence-electron chi connectivity index (χ4n) is 3.94. The zero-order valence-corrected chi connectivity index (χ0v) is 16.8. The summed E-state index contributed by atoms with van der Waals surface area (Å²) < 4.78 is 11.4. The lowest BCUT2D eigenvalue weighted by atomic mass is 10.0. The number of benzene rings is 1. The molecule has 1 aromatic heterocycles. The Morgan fingerprint density at radius 2 is 1.89 bits per heavy atom. The molecular formula is C21H24ClN3O3. The molecule has 2 aliphatic heterocycles. The van der Waals surface area contributed by atoms with E-state index in [1.165, 1.54) is 0 Å². The number of carbonyl (C=O) groups excluding carboxylic acids is 1. The summed E-state index contributed by atoms with van der Waals surface area (Å²) in [6.45, 7) is 5.86. The molecule has 0 aliphatic carbocycles. The van der Waals surface area contributed by atoms with E-state index in [-0.39, 0.29) is 24.2 Å². The van der Waals surface area contributed by atoms with Crippen LogP contribution in [0.1, 0.15) is 37.6 Å². The molecule has 148 valence electrons. The normalized spacial score (nSPS) is 25.8. The van der Waals surface area contributed by atoms with E-state index in [0.717, 1.165) is 30.1 Å². The first-order valence-electron chi connectivity index (χ1n) is 9.56. The molecule has 3 unspecified atom stereocenters. The number of nitrogens with zero attached hydrogens (tertiary/aromatic N) is 3. The predicted octanol–water partition coefficient (Wildman–Crippen LogP) is 3.72. The summed E-state index contributed by atoms with van der Waals surface area (Å²) in [6.07, 6.45) is 2.47. The van der Waals surface area contributed by atoms with Gasteiger partial charge >= 0.3 is 0 Å². The number of furan rings is 1. The quantitative estimate of drug-likeness (QED) is 0.783. The molecule has 1 aromatic carbocycles. The van der Waals surface area contributed by atoms with Crippen molar-refractivity contribution in [3.05, 3.63) is 59.0 Å². The Balaban J connectivity index is 1.55. The maximum Gasteiger partial charge on any atom is 0.257 e. The molecule has 0 N–H and O–H groups in total. The van der Waals surface area contributed by atoms with Crippen molar-refractivity contribution in [1.29, 1.82) is 0 Å². The summed E-state index contributed by atoms with van der Waals surface area (Å²) in [5.74, 6) is 0.705. The average molecular weight is 402 g/mol. The number of hydrazone groups is 1. The standard InChI is InChI=1S/C21H24ClN3O3/c1-14-11-24(12-15(2)28-14)13-21(26)25-19(20-4-3-9-27-20)10-18(23-25)16-5-7-17(22)8-6-16/h3-9,14-15,19H,10-13H2,1-2H3. The van der Waals surface area contributed by atoms with Gasteiger partial charge in [-0.25, -0.2) is 5.01 Å². The molecule has 0 spiro atoms. The van der Waals surface area contributed by atoms with Crippen LogP contribution < -0.4 is 0 Å². The van der Waals surface area contributed by atoms with Crippen LogP contribution in [0.15, 0.2) is 52.2 Å². The Hall–Kier alpha value is -2.15. The smallest absolute Gasteiger partial charge is 0.257 e. The van der Waals surface area contributed by atoms with Crippen LogP contribution in [0.3, 0.4) is 0 Å². The maximum atomic E-state index is 13.1. The van der Waals surface area contributed by atoms with E-state index in [2.05, 4.69) is 10.0 Å². The fourth-order valence-corrected chi connectivity index (χ4v) is 4.06. The van der Waals surface area contributed by atoms with E-state index < -0.39 is 0 Å². The maximum absolute atomic E-state index is 13.1. The lowest BCUT2D eigenvalue weighted by Gasteiger charge is -2.35. The first-order valence-corrected chi connectivity index (χ1v) is 9.94. The van der Waals surface area contributed by atoms with Gasteiger partial charge < -0.3 is 9.15 Å². The van der Waals surface area contributed by atoms with Gasteiger partial charge in [0.2, 0.25) is 0 Å². The monoisotopic (exact) mass is 401 g/mol. The van der Waals surface area contributed by atoms with Crippen molar-refractivity contribution >= 4 is 23.2 Å². The molecule has 0 bridgehead atoms. The van der Waals surface area contributed by atoms with E-state index in [9.17, 15) is 4.79 Å². The second-order valence-corrected chi connectivity index (χ2v) is 7.92. The molecule has 7 heteroatoms. The molecule has 3 atom stereocenters. The van der Waals surface area contributed by atoms with Crippen LogP contribution in [0.5, 0.6) is 0 Å². The van der Waals surface area contributed by atoms with Gasteiger partial charge in [-0.05, 0) is 43.7 Å². The zero-order chi connectivity index (χ0) is 19.7. The van der Waals surface area contributed by atoms with Crippen molar-refractivity contribution in [2.75, 3.05) is 19.6 Å². The van der Waals surface area contributed by atoms with Crippen LogP contribution in [0.2, 0.25) is 5.02 Å². The molecule has 4 rings (SSSR count). The Morgan fingerprint density at radius 1 is 1.18 bits per heavy atom. The summed E-state index contributed by atoms with van der Waals surface area (Å²) in [4.78, 5) is 15.3. The summed E-state index contributed by atoms with van der Waals surface area (Å²) in [6, 6.07) is 11.0. The summed E-state index contributed by atoms with van der Waals surface area (Å²) in [5.41, 5.74) is 1.82. The SMILES string of the molecule is CC1CN(CC(=O)N2N=C(c3ccc(Cl)cc3)CC2c2ccco2)CC(C)O1. The van der Waals surface area contributed by atoms with Gasteiger partial charge in [-0.15, -0.1) is 0 Å². The van der Waals surface area contributed by atoms with E-state index in [1.807, 2.05) is 50.2 Å². The van der Waals surface area contributed by atoms with Crippen molar-refractivity contribution in [1.82, 2.24) is 9.91 Å². The minimum absolute atomic E-state index is 0.0355. The van der Waals surface area contributed by atoms with Gasteiger partial charge in [0, 0.05) is 24.5 Å². The molecule has 0 saturated carbocycles. The Kier molecular flexibility index (Phi) is 5.53. The van der Waals surface area contributed by atoms with Crippen molar-refractivity contribution in [3.8, 4) is 0 Å². The van der Waals surface area contributed by atoms with E-state index in [1.54, 1.807) is 11.3 Å². The van der Waals surface area contributed by atoms with Gasteiger partial charge in [-0.2, -0.15) is 5.10 Å². The number of hydrogen-bond acceptors (Lipinski definition) is 5. The third-order valence-corrected chi connectivity index (χ3v) is 5.32. The molecule has 0 radical (unpaired) electrons. The number of carbonyl (C=O) groups is 1. The fraction of sp³-hybridized carbons (Fsp3) is 0.429. The van der Waals surface area contributed by atoms with Gasteiger partial charge in [0.25, 0.3) is 5.91 Å². The highest BCUT2D eigenvalue weighted by Gasteiger charge is 2.36. The number of ether oxygens (including phenoxy) is 1. The number of amides is 1. The van der Waals surface area contributed by atoms with Crippen molar-refractivity contribution in [2.45, 2.75) is 38.5 Å². The van der Waals surface area contributed by atoms with Crippen molar-refractivity contribution in [3.63, 3.8) is 0 Å². The molecule has 1 fully saturated rings. The van der Waals surface area contributed by atoms with Gasteiger partial charge in [0.05, 0.1) is 30.7 Å². The van der Waals surface area contributed by atoms with Gasteiger partial charge in [0.1, 0.15) is 11.8 Å². The zero-order valence-electron chi connectivity index (χ0n) is 16.0. The summed E-state index contributed by atoms with van der Waals surface area (Å²) in [7, 11) is 0. The first kappa shape index (κ1) is 19.2. The second kappa shape index (κ2) is 8.07. The summed E-state index contributed by atoms with van der Waals surface area (Å²) in [5, 5.41) is 6.92. The van der Waals surface area contributed by atoms with Crippen LogP contribution in [0.25, 0.3) is 0 Å². The lowest BCUT2D eigenvalue weighted by molar-refractivity contribution is -0.138. The number of rotatable bonds is 4. The van der Waals surface area contributed by atoms with Crippen LogP contribution in [0, 0.1) is 0 Å². The highest BCUT2D eigenvalue weighted by molar-refractivity contribution is 6.30. The predicted molar refractivity (Wildman–Crippen MR) is 107 cm³/mol. The Morgan fingerprint density at radius 3 is 2.54 bits per heavy atom. The third-order valence-electron chi connectivity index (χ3n) is 5.07. The minimum Gasteiger partial charge on any atom is -0.467 e. The number of morpholine rings is 1. The highest BCUT2D eigenvalue weighted by atomic mass is 35.5. The topological polar surface area (TPSA) is 58.3 Å². The molecular weight excluding hydrogens is 378 g/mol. The van der Waals surface area contributed by atoms with Crippen molar-refractivity contribution in [2.24, 2.45) is 5.10 Å². The number of halogens is 1. The Bertz CT molecular complexity index is 840. The van der Waals surface area contributed by atoms with Crippen LogP contribution in [-0.4, -0.2) is 53.4 Å². The Labute approximate surface area is 169 Å². The third kappa shape index (κ3) is 4.14. The van der Waals surface area contributed by atoms with E-state index in [4.69, 9.17) is 20.8 Å². The van der Waals surface area contributed by atoms with Crippen LogP contribution in [-0.2, 0) is 9.53 Å². The molecule has 2 aliphatic rings. The van der Waals surface area contributed by atoms with Gasteiger partial charge in [-0.3, -0.25) is 9.69 Å². The molecule has 2 aromatic rings. The summed E-state index contributed by atoms with van der Waals surface area (Å²) >= 11 is 6.00. The van der Waals surface area contributed by atoms with E-state index in [0.29, 0.717) is 18.0 Å². The number of hydrogen-bond donors (Lipinski definition) is 0. The molecule has 1 saturated heterocycles. The molecule has 28 heavy (non-hydrogen) atoms.